The van der Waals surface area contributed by atoms with E-state index in [9.17, 15) is 9.59 Å². The minimum absolute atomic E-state index is 0.0639. The van der Waals surface area contributed by atoms with Gasteiger partial charge in [0, 0.05) is 42.3 Å². The van der Waals surface area contributed by atoms with E-state index in [0.717, 1.165) is 19.5 Å². The third-order valence-electron chi connectivity index (χ3n) is 7.63. The van der Waals surface area contributed by atoms with Crippen LogP contribution in [-0.2, 0) is 29.1 Å². The SMILES string of the molecule is CCc1sc2ccccc2c1CN1CC(=O)N2CCN(Cc3ccc(-c4ccccc4)cc3)CC2C1=O. The largest absolute Gasteiger partial charge is 0.327 e. The monoisotopic (exact) mass is 509 g/mol. The molecule has 2 fully saturated rings. The molecule has 0 N–H and O–H groups in total. The van der Waals surface area contributed by atoms with Crippen LogP contribution in [0, 0.1) is 0 Å². The van der Waals surface area contributed by atoms with Gasteiger partial charge in [-0.1, -0.05) is 79.7 Å². The van der Waals surface area contributed by atoms with Crippen LogP contribution in [-0.4, -0.2) is 58.7 Å². The fraction of sp³-hybridized carbons (Fsp3) is 0.290. The van der Waals surface area contributed by atoms with E-state index in [4.69, 9.17) is 0 Å². The molecule has 188 valence electrons. The van der Waals surface area contributed by atoms with E-state index in [1.165, 1.54) is 37.2 Å². The number of amides is 2. The van der Waals surface area contributed by atoms with Gasteiger partial charge in [0.2, 0.25) is 11.8 Å². The van der Waals surface area contributed by atoms with E-state index in [0.29, 0.717) is 19.6 Å². The van der Waals surface area contributed by atoms with Gasteiger partial charge < -0.3 is 9.80 Å². The molecule has 37 heavy (non-hydrogen) atoms. The van der Waals surface area contributed by atoms with Crippen LogP contribution in [0.4, 0.5) is 0 Å². The lowest BCUT2D eigenvalue weighted by Gasteiger charge is -2.46. The Hall–Kier alpha value is -3.48. The fourth-order valence-corrected chi connectivity index (χ4v) is 6.82. The fourth-order valence-electron chi connectivity index (χ4n) is 5.66. The van der Waals surface area contributed by atoms with Gasteiger partial charge in [-0.05, 0) is 40.1 Å². The van der Waals surface area contributed by atoms with Crippen LogP contribution in [0.5, 0.6) is 0 Å². The van der Waals surface area contributed by atoms with Gasteiger partial charge in [-0.3, -0.25) is 14.5 Å². The van der Waals surface area contributed by atoms with Crippen LogP contribution in [0.15, 0.2) is 78.9 Å². The highest BCUT2D eigenvalue weighted by Gasteiger charge is 2.42. The quantitative estimate of drug-likeness (QED) is 0.360. The van der Waals surface area contributed by atoms with Crippen molar-refractivity contribution in [3.8, 4) is 11.1 Å². The summed E-state index contributed by atoms with van der Waals surface area (Å²) in [5.41, 5.74) is 4.82. The van der Waals surface area contributed by atoms with E-state index in [2.05, 4.69) is 78.6 Å². The summed E-state index contributed by atoms with van der Waals surface area (Å²) in [6, 6.07) is 27.0. The Morgan fingerprint density at radius 2 is 1.57 bits per heavy atom. The highest BCUT2D eigenvalue weighted by molar-refractivity contribution is 7.19. The van der Waals surface area contributed by atoms with Gasteiger partial charge in [-0.2, -0.15) is 0 Å². The van der Waals surface area contributed by atoms with Crippen molar-refractivity contribution in [2.45, 2.75) is 32.5 Å². The summed E-state index contributed by atoms with van der Waals surface area (Å²) in [5.74, 6) is 0.134. The summed E-state index contributed by atoms with van der Waals surface area (Å²) in [6.45, 7) is 5.57. The van der Waals surface area contributed by atoms with Crippen molar-refractivity contribution in [2.24, 2.45) is 0 Å². The Bertz CT molecular complexity index is 1430. The molecule has 2 saturated heterocycles. The van der Waals surface area contributed by atoms with E-state index in [-0.39, 0.29) is 18.4 Å². The molecule has 3 aromatic carbocycles. The second kappa shape index (κ2) is 10.1. The van der Waals surface area contributed by atoms with Crippen molar-refractivity contribution in [3.05, 3.63) is 94.9 Å². The molecule has 1 atom stereocenters. The molecule has 2 amide bonds. The van der Waals surface area contributed by atoms with Crippen molar-refractivity contribution in [3.63, 3.8) is 0 Å². The van der Waals surface area contributed by atoms with Crippen LogP contribution in [0.3, 0.4) is 0 Å². The number of nitrogens with zero attached hydrogens (tertiary/aromatic N) is 3. The number of benzene rings is 3. The van der Waals surface area contributed by atoms with Crippen molar-refractivity contribution >= 4 is 33.2 Å². The second-order valence-corrected chi connectivity index (χ2v) is 11.1. The normalized spacial score (nSPS) is 18.5. The molecule has 1 aromatic heterocycles. The topological polar surface area (TPSA) is 43.9 Å². The number of hydrogen-bond acceptors (Lipinski definition) is 4. The van der Waals surface area contributed by atoms with Gasteiger partial charge in [0.15, 0.2) is 0 Å². The number of piperazine rings is 2. The zero-order chi connectivity index (χ0) is 25.4. The highest BCUT2D eigenvalue weighted by Crippen LogP contribution is 2.33. The third kappa shape index (κ3) is 4.67. The van der Waals surface area contributed by atoms with Gasteiger partial charge in [-0.15, -0.1) is 11.3 Å². The number of rotatable bonds is 6. The number of carbonyl (C=O) groups excluding carboxylic acids is 2. The summed E-state index contributed by atoms with van der Waals surface area (Å²) < 4.78 is 1.24. The van der Waals surface area contributed by atoms with Crippen molar-refractivity contribution in [1.82, 2.24) is 14.7 Å². The van der Waals surface area contributed by atoms with E-state index in [1.807, 2.05) is 12.1 Å². The smallest absolute Gasteiger partial charge is 0.247 e. The minimum atomic E-state index is -0.409. The predicted molar refractivity (Wildman–Crippen MR) is 149 cm³/mol. The summed E-state index contributed by atoms with van der Waals surface area (Å²) in [6.07, 6.45) is 0.928. The minimum Gasteiger partial charge on any atom is -0.327 e. The summed E-state index contributed by atoms with van der Waals surface area (Å²) in [7, 11) is 0. The second-order valence-electron chi connectivity index (χ2n) is 9.95. The average Bonchev–Trinajstić information content (AvgIpc) is 3.30. The molecule has 0 aliphatic carbocycles. The maximum atomic E-state index is 13.7. The van der Waals surface area contributed by atoms with Crippen molar-refractivity contribution in [1.29, 1.82) is 0 Å². The molecule has 0 spiro atoms. The van der Waals surface area contributed by atoms with Crippen molar-refractivity contribution < 1.29 is 9.59 Å². The molecule has 6 rings (SSSR count). The lowest BCUT2D eigenvalue weighted by molar-refractivity contribution is -0.160. The van der Waals surface area contributed by atoms with E-state index >= 15 is 0 Å². The van der Waals surface area contributed by atoms with Gasteiger partial charge in [0.05, 0.1) is 0 Å². The molecular weight excluding hydrogens is 478 g/mol. The van der Waals surface area contributed by atoms with Crippen LogP contribution in [0.2, 0.25) is 0 Å². The van der Waals surface area contributed by atoms with Crippen LogP contribution in [0.25, 0.3) is 21.2 Å². The van der Waals surface area contributed by atoms with Gasteiger partial charge >= 0.3 is 0 Å². The van der Waals surface area contributed by atoms with Gasteiger partial charge in [-0.25, -0.2) is 0 Å². The molecule has 0 saturated carbocycles. The van der Waals surface area contributed by atoms with Gasteiger partial charge in [0.1, 0.15) is 12.6 Å². The predicted octanol–water partition coefficient (Wildman–Crippen LogP) is 5.19. The molecular formula is C31H31N3O2S. The Kier molecular flexibility index (Phi) is 6.53. The van der Waals surface area contributed by atoms with E-state index < -0.39 is 6.04 Å². The number of fused-ring (bicyclic) bond motifs is 2. The number of hydrogen-bond donors (Lipinski definition) is 0. The summed E-state index contributed by atoms with van der Waals surface area (Å²) in [4.78, 5) is 34.0. The Balaban J connectivity index is 1.17. The number of aryl methyl sites for hydroxylation is 1. The molecule has 2 aliphatic heterocycles. The Labute approximate surface area is 221 Å². The molecule has 1 unspecified atom stereocenters. The summed E-state index contributed by atoms with van der Waals surface area (Å²) >= 11 is 1.80. The zero-order valence-corrected chi connectivity index (χ0v) is 21.9. The number of carbonyl (C=O) groups is 2. The zero-order valence-electron chi connectivity index (χ0n) is 21.1. The molecule has 2 aliphatic rings. The molecule has 3 heterocycles. The van der Waals surface area contributed by atoms with E-state index in [1.54, 1.807) is 21.1 Å². The van der Waals surface area contributed by atoms with Crippen LogP contribution in [0.1, 0.15) is 22.9 Å². The molecule has 4 aromatic rings. The van der Waals surface area contributed by atoms with Crippen LogP contribution >= 0.6 is 11.3 Å². The standard InChI is InChI=1S/C31H31N3O2S/c1-2-28-26(25-10-6-7-11-29(25)37-28)19-33-21-30(35)34-17-16-32(20-27(34)31(33)36)18-22-12-14-24(15-13-22)23-8-4-3-5-9-23/h3-15,27H,2,16-21H2,1H3. The maximum absolute atomic E-state index is 13.7. The lowest BCUT2D eigenvalue weighted by Crippen LogP contribution is -2.66. The van der Waals surface area contributed by atoms with Gasteiger partial charge in [0.25, 0.3) is 0 Å². The first-order valence-corrected chi connectivity index (χ1v) is 13.9. The highest BCUT2D eigenvalue weighted by atomic mass is 32.1. The Morgan fingerprint density at radius 1 is 0.838 bits per heavy atom. The molecule has 0 bridgehead atoms. The van der Waals surface area contributed by atoms with Crippen molar-refractivity contribution in [2.75, 3.05) is 26.2 Å². The summed E-state index contributed by atoms with van der Waals surface area (Å²) in [5, 5.41) is 1.20. The third-order valence-corrected chi connectivity index (χ3v) is 8.98. The molecule has 0 radical (unpaired) electrons. The molecule has 6 heteroatoms. The Morgan fingerprint density at radius 3 is 2.35 bits per heavy atom. The maximum Gasteiger partial charge on any atom is 0.247 e. The first-order valence-electron chi connectivity index (χ1n) is 13.0. The first kappa shape index (κ1) is 23.9. The first-order chi connectivity index (χ1) is 18.1. The van der Waals surface area contributed by atoms with Crippen LogP contribution < -0.4 is 0 Å². The average molecular weight is 510 g/mol. The molecule has 5 nitrogen and oxygen atoms in total. The lowest BCUT2D eigenvalue weighted by atomic mass is 10.0. The number of thiophene rings is 1.